The number of hydrogen-bond donors (Lipinski definition) is 3. The maximum atomic E-state index is 9.27. The summed E-state index contributed by atoms with van der Waals surface area (Å²) >= 11 is 0. The van der Waals surface area contributed by atoms with Gasteiger partial charge in [-0.05, 0) is 5.92 Å². The van der Waals surface area contributed by atoms with E-state index in [9.17, 15) is 5.11 Å². The Morgan fingerprint density at radius 3 is 2.55 bits per heavy atom. The maximum Gasteiger partial charge on any atom is 0.184 e. The second-order valence-electron chi connectivity index (χ2n) is 2.88. The number of aliphatic hydroxyl groups excluding tert-OH is 3. The molecule has 11 heavy (non-hydrogen) atoms. The van der Waals surface area contributed by atoms with E-state index in [2.05, 4.69) is 4.74 Å². The highest BCUT2D eigenvalue weighted by atomic mass is 16.7. The van der Waals surface area contributed by atoms with Crippen molar-refractivity contribution in [1.82, 2.24) is 0 Å². The average Bonchev–Trinajstić information content (AvgIpc) is 1.96. The first-order valence-corrected chi connectivity index (χ1v) is 3.84. The monoisotopic (exact) mass is 162 g/mol. The summed E-state index contributed by atoms with van der Waals surface area (Å²) in [6.45, 7) is 1.90. The highest BCUT2D eigenvalue weighted by Crippen LogP contribution is 2.25. The summed E-state index contributed by atoms with van der Waals surface area (Å²) in [6, 6.07) is 0. The van der Waals surface area contributed by atoms with Gasteiger partial charge in [-0.2, -0.15) is 0 Å². The molecule has 0 spiro atoms. The van der Waals surface area contributed by atoms with Gasteiger partial charge in [-0.15, -0.1) is 0 Å². The van der Waals surface area contributed by atoms with Crippen LogP contribution in [-0.2, 0) is 4.74 Å². The Kier molecular flexibility index (Phi) is 2.84. The molecule has 1 aliphatic heterocycles. The minimum atomic E-state index is -1.23. The van der Waals surface area contributed by atoms with E-state index in [1.165, 1.54) is 0 Å². The lowest BCUT2D eigenvalue weighted by Gasteiger charge is -2.33. The third-order valence-electron chi connectivity index (χ3n) is 2.10. The molecule has 1 saturated heterocycles. The minimum Gasteiger partial charge on any atom is -0.388 e. The summed E-state index contributed by atoms with van der Waals surface area (Å²) < 4.78 is 4.59. The summed E-state index contributed by atoms with van der Waals surface area (Å²) in [4.78, 5) is 0. The van der Waals surface area contributed by atoms with Gasteiger partial charge >= 0.3 is 0 Å². The molecule has 1 aliphatic rings. The van der Waals surface area contributed by atoms with Crippen molar-refractivity contribution in [3.8, 4) is 0 Å². The third kappa shape index (κ3) is 1.90. The average molecular weight is 162 g/mol. The molecule has 4 unspecified atom stereocenters. The first kappa shape index (κ1) is 8.93. The van der Waals surface area contributed by atoms with Crippen LogP contribution < -0.4 is 0 Å². The molecule has 0 aromatic carbocycles. The van der Waals surface area contributed by atoms with Crippen LogP contribution in [0.5, 0.6) is 0 Å². The molecule has 3 N–H and O–H groups in total. The lowest BCUT2D eigenvalue weighted by atomic mass is 9.93. The van der Waals surface area contributed by atoms with Crippen LogP contribution in [0.1, 0.15) is 19.8 Å². The fraction of sp³-hybridized carbons (Fsp3) is 1.00. The minimum absolute atomic E-state index is 0.0613. The van der Waals surface area contributed by atoms with Crippen LogP contribution in [0.4, 0.5) is 0 Å². The van der Waals surface area contributed by atoms with Gasteiger partial charge in [0, 0.05) is 6.42 Å². The third-order valence-corrected chi connectivity index (χ3v) is 2.10. The summed E-state index contributed by atoms with van der Waals surface area (Å²) in [5.74, 6) is -0.0613. The fourth-order valence-electron chi connectivity index (χ4n) is 1.34. The van der Waals surface area contributed by atoms with E-state index < -0.39 is 18.7 Å². The molecule has 0 aromatic heterocycles. The predicted octanol–water partition coefficient (Wildman–Crippen LogP) is -0.569. The van der Waals surface area contributed by atoms with Crippen LogP contribution in [0.3, 0.4) is 0 Å². The van der Waals surface area contributed by atoms with Gasteiger partial charge in [0.2, 0.25) is 0 Å². The van der Waals surface area contributed by atoms with Crippen molar-refractivity contribution in [1.29, 1.82) is 0 Å². The lowest BCUT2D eigenvalue weighted by Crippen LogP contribution is -2.44. The molecule has 1 heterocycles. The van der Waals surface area contributed by atoms with E-state index in [4.69, 9.17) is 10.2 Å². The summed E-state index contributed by atoms with van der Waals surface area (Å²) in [5, 5.41) is 27.3. The molecular weight excluding hydrogens is 148 g/mol. The van der Waals surface area contributed by atoms with Crippen LogP contribution >= 0.6 is 0 Å². The summed E-state index contributed by atoms with van der Waals surface area (Å²) in [6.07, 6.45) is -1.89. The second kappa shape index (κ2) is 3.49. The van der Waals surface area contributed by atoms with Crippen molar-refractivity contribution in [2.75, 3.05) is 0 Å². The molecule has 0 aliphatic carbocycles. The van der Waals surface area contributed by atoms with Crippen LogP contribution in [0, 0.1) is 5.92 Å². The molecular formula is C7H14O4. The first-order chi connectivity index (χ1) is 5.15. The Morgan fingerprint density at radius 2 is 2.00 bits per heavy atom. The zero-order valence-corrected chi connectivity index (χ0v) is 6.47. The van der Waals surface area contributed by atoms with E-state index in [0.717, 1.165) is 6.42 Å². The Bertz CT molecular complexity index is 128. The Balaban J connectivity index is 2.51. The Morgan fingerprint density at radius 1 is 1.36 bits per heavy atom. The van der Waals surface area contributed by atoms with Gasteiger partial charge < -0.3 is 20.1 Å². The highest BCUT2D eigenvalue weighted by molar-refractivity contribution is 4.75. The van der Waals surface area contributed by atoms with Gasteiger partial charge in [-0.1, -0.05) is 13.3 Å². The van der Waals surface area contributed by atoms with E-state index in [1.54, 1.807) is 0 Å². The molecule has 1 fully saturated rings. The maximum absolute atomic E-state index is 9.27. The van der Waals surface area contributed by atoms with Crippen molar-refractivity contribution < 1.29 is 20.1 Å². The SMILES string of the molecule is CCC1CC(O)OC(O)C1O. The Labute approximate surface area is 65.4 Å². The van der Waals surface area contributed by atoms with Crippen LogP contribution in [0.2, 0.25) is 0 Å². The van der Waals surface area contributed by atoms with Gasteiger partial charge in [0.15, 0.2) is 12.6 Å². The highest BCUT2D eigenvalue weighted by Gasteiger charge is 2.34. The van der Waals surface area contributed by atoms with E-state index in [0.29, 0.717) is 6.42 Å². The molecule has 4 heteroatoms. The van der Waals surface area contributed by atoms with Gasteiger partial charge in [0.05, 0.1) is 0 Å². The van der Waals surface area contributed by atoms with E-state index in [1.807, 2.05) is 6.92 Å². The van der Waals surface area contributed by atoms with Crippen molar-refractivity contribution in [2.24, 2.45) is 5.92 Å². The van der Waals surface area contributed by atoms with Crippen molar-refractivity contribution in [2.45, 2.75) is 38.4 Å². The van der Waals surface area contributed by atoms with Crippen molar-refractivity contribution >= 4 is 0 Å². The Hall–Kier alpha value is -0.160. The van der Waals surface area contributed by atoms with Gasteiger partial charge in [-0.3, -0.25) is 0 Å². The molecule has 0 amide bonds. The van der Waals surface area contributed by atoms with Crippen LogP contribution in [-0.4, -0.2) is 34.0 Å². The number of rotatable bonds is 1. The standard InChI is InChI=1S/C7H14O4/c1-2-4-3-5(8)11-7(10)6(4)9/h4-10H,2-3H2,1H3. The zero-order valence-electron chi connectivity index (χ0n) is 6.47. The molecule has 4 atom stereocenters. The zero-order chi connectivity index (χ0) is 8.43. The lowest BCUT2D eigenvalue weighted by molar-refractivity contribution is -0.284. The van der Waals surface area contributed by atoms with Crippen LogP contribution in [0.25, 0.3) is 0 Å². The first-order valence-electron chi connectivity index (χ1n) is 3.84. The van der Waals surface area contributed by atoms with Crippen molar-refractivity contribution in [3.63, 3.8) is 0 Å². The molecule has 0 radical (unpaired) electrons. The predicted molar refractivity (Wildman–Crippen MR) is 37.5 cm³/mol. The van der Waals surface area contributed by atoms with Gasteiger partial charge in [-0.25, -0.2) is 0 Å². The molecule has 1 rings (SSSR count). The quantitative estimate of drug-likeness (QED) is 0.483. The molecule has 0 aromatic rings. The summed E-state index contributed by atoms with van der Waals surface area (Å²) in [5.41, 5.74) is 0. The molecule has 4 nitrogen and oxygen atoms in total. The van der Waals surface area contributed by atoms with E-state index >= 15 is 0 Å². The number of aliphatic hydroxyl groups is 3. The topological polar surface area (TPSA) is 69.9 Å². The number of hydrogen-bond acceptors (Lipinski definition) is 4. The van der Waals surface area contributed by atoms with E-state index in [-0.39, 0.29) is 5.92 Å². The van der Waals surface area contributed by atoms with Crippen LogP contribution in [0.15, 0.2) is 0 Å². The summed E-state index contributed by atoms with van der Waals surface area (Å²) in [7, 11) is 0. The normalized spacial score (nSPS) is 45.8. The second-order valence-corrected chi connectivity index (χ2v) is 2.88. The molecule has 0 saturated carbocycles. The largest absolute Gasteiger partial charge is 0.388 e. The molecule has 66 valence electrons. The number of ether oxygens (including phenoxy) is 1. The van der Waals surface area contributed by atoms with Gasteiger partial charge in [0.1, 0.15) is 6.10 Å². The molecule has 0 bridgehead atoms. The fourth-order valence-corrected chi connectivity index (χ4v) is 1.34. The van der Waals surface area contributed by atoms with Crippen molar-refractivity contribution in [3.05, 3.63) is 0 Å². The van der Waals surface area contributed by atoms with Gasteiger partial charge in [0.25, 0.3) is 0 Å². The smallest absolute Gasteiger partial charge is 0.184 e.